The molecule has 5 nitrogen and oxygen atoms in total. The second-order valence-electron chi connectivity index (χ2n) is 5.69. The van der Waals surface area contributed by atoms with Gasteiger partial charge in [-0.2, -0.15) is 0 Å². The van der Waals surface area contributed by atoms with Crippen LogP contribution in [0.15, 0.2) is 34.8 Å². The van der Waals surface area contributed by atoms with Gasteiger partial charge in [-0.3, -0.25) is 4.99 Å². The highest BCUT2D eigenvalue weighted by atomic mass is 32.1. The van der Waals surface area contributed by atoms with Crippen LogP contribution in [-0.2, 0) is 6.54 Å². The molecule has 1 aromatic carbocycles. The van der Waals surface area contributed by atoms with Crippen LogP contribution in [0.4, 0.5) is 10.1 Å². The summed E-state index contributed by atoms with van der Waals surface area (Å²) >= 11 is 1.65. The molecule has 0 radical (unpaired) electrons. The van der Waals surface area contributed by atoms with Crippen LogP contribution < -0.4 is 10.2 Å². The topological polar surface area (TPSA) is 43.8 Å². The summed E-state index contributed by atoms with van der Waals surface area (Å²) in [6, 6.07) is 6.95. The summed E-state index contributed by atoms with van der Waals surface area (Å²) in [6.45, 7) is 5.94. The van der Waals surface area contributed by atoms with E-state index in [0.717, 1.165) is 44.4 Å². The second-order valence-corrected chi connectivity index (χ2v) is 6.63. The van der Waals surface area contributed by atoms with Gasteiger partial charge in [0, 0.05) is 38.1 Å². The van der Waals surface area contributed by atoms with Gasteiger partial charge in [0.2, 0.25) is 0 Å². The molecule has 128 valence electrons. The number of aliphatic imine (C=N–C) groups is 1. The second kappa shape index (κ2) is 7.61. The number of nitrogens with one attached hydrogen (secondary N) is 1. The Morgan fingerprint density at radius 3 is 2.67 bits per heavy atom. The number of benzene rings is 1. The predicted molar refractivity (Wildman–Crippen MR) is 97.2 cm³/mol. The first kappa shape index (κ1) is 16.7. The molecule has 7 heteroatoms. The van der Waals surface area contributed by atoms with Crippen LogP contribution in [0.25, 0.3) is 0 Å². The lowest BCUT2D eigenvalue weighted by Crippen LogP contribution is -2.52. The van der Waals surface area contributed by atoms with Gasteiger partial charge in [-0.1, -0.05) is 12.1 Å². The average molecular weight is 347 g/mol. The number of guanidine groups is 1. The summed E-state index contributed by atoms with van der Waals surface area (Å²) in [5.41, 5.74) is 3.61. The minimum Gasteiger partial charge on any atom is -0.366 e. The average Bonchev–Trinajstić information content (AvgIpc) is 3.02. The number of hydrogen-bond acceptors (Lipinski definition) is 4. The van der Waals surface area contributed by atoms with E-state index in [2.05, 4.69) is 25.1 Å². The molecule has 0 saturated carbocycles. The Balaban J connectivity index is 1.57. The van der Waals surface area contributed by atoms with Crippen LogP contribution in [0.2, 0.25) is 0 Å². The molecule has 0 spiro atoms. The third kappa shape index (κ3) is 3.67. The van der Waals surface area contributed by atoms with Crippen molar-refractivity contribution in [3.8, 4) is 0 Å². The maximum atomic E-state index is 13.9. The zero-order valence-electron chi connectivity index (χ0n) is 14.0. The van der Waals surface area contributed by atoms with Gasteiger partial charge in [0.15, 0.2) is 5.96 Å². The van der Waals surface area contributed by atoms with Crippen LogP contribution in [0, 0.1) is 12.7 Å². The number of anilines is 1. The zero-order chi connectivity index (χ0) is 16.9. The zero-order valence-corrected chi connectivity index (χ0v) is 14.8. The van der Waals surface area contributed by atoms with Crippen molar-refractivity contribution in [1.29, 1.82) is 0 Å². The first-order valence-corrected chi connectivity index (χ1v) is 8.91. The summed E-state index contributed by atoms with van der Waals surface area (Å²) in [6.07, 6.45) is 0. The van der Waals surface area contributed by atoms with Crippen molar-refractivity contribution in [3.63, 3.8) is 0 Å². The number of aryl methyl sites for hydroxylation is 1. The van der Waals surface area contributed by atoms with Gasteiger partial charge >= 0.3 is 0 Å². The van der Waals surface area contributed by atoms with E-state index in [1.807, 2.05) is 24.6 Å². The molecule has 0 atom stereocenters. The Labute approximate surface area is 145 Å². The number of nitrogens with zero attached hydrogens (tertiary/aromatic N) is 4. The van der Waals surface area contributed by atoms with Gasteiger partial charge in [-0.05, 0) is 19.1 Å². The first-order chi connectivity index (χ1) is 11.7. The van der Waals surface area contributed by atoms with Gasteiger partial charge in [-0.25, -0.2) is 9.37 Å². The van der Waals surface area contributed by atoms with Gasteiger partial charge < -0.3 is 15.1 Å². The molecule has 0 bridgehead atoms. The summed E-state index contributed by atoms with van der Waals surface area (Å²) in [7, 11) is 1.80. The molecule has 1 aromatic heterocycles. The lowest BCUT2D eigenvalue weighted by molar-refractivity contribution is 0.370. The molecule has 0 aliphatic carbocycles. The monoisotopic (exact) mass is 347 g/mol. The Hall–Kier alpha value is -2.15. The fourth-order valence-corrected chi connectivity index (χ4v) is 3.57. The van der Waals surface area contributed by atoms with Crippen molar-refractivity contribution < 1.29 is 4.39 Å². The van der Waals surface area contributed by atoms with Crippen LogP contribution >= 0.6 is 11.3 Å². The smallest absolute Gasteiger partial charge is 0.194 e. The van der Waals surface area contributed by atoms with E-state index in [9.17, 15) is 4.39 Å². The third-order valence-corrected chi connectivity index (χ3v) is 5.17. The molecule has 0 unspecified atom stereocenters. The van der Waals surface area contributed by atoms with E-state index >= 15 is 0 Å². The Morgan fingerprint density at radius 1 is 1.29 bits per heavy atom. The summed E-state index contributed by atoms with van der Waals surface area (Å²) in [5, 5.41) is 3.40. The fraction of sp³-hybridized carbons (Fsp3) is 0.412. The molecule has 1 aliphatic heterocycles. The van der Waals surface area contributed by atoms with Crippen molar-refractivity contribution in [2.24, 2.45) is 4.99 Å². The van der Waals surface area contributed by atoms with Crippen LogP contribution in [0.5, 0.6) is 0 Å². The maximum Gasteiger partial charge on any atom is 0.194 e. The highest BCUT2D eigenvalue weighted by molar-refractivity contribution is 7.09. The Kier molecular flexibility index (Phi) is 5.30. The van der Waals surface area contributed by atoms with Gasteiger partial charge in [0.25, 0.3) is 0 Å². The predicted octanol–water partition coefficient (Wildman–Crippen LogP) is 2.49. The van der Waals surface area contributed by atoms with Gasteiger partial charge in [0.05, 0.1) is 23.4 Å². The number of thiazole rings is 1. The molecule has 24 heavy (non-hydrogen) atoms. The normalized spacial score (nSPS) is 15.7. The third-order valence-electron chi connectivity index (χ3n) is 4.24. The summed E-state index contributed by atoms with van der Waals surface area (Å²) < 4.78 is 13.9. The molecule has 1 saturated heterocycles. The van der Waals surface area contributed by atoms with E-state index in [1.54, 1.807) is 24.5 Å². The number of para-hydroxylation sites is 1. The number of halogens is 1. The molecular weight excluding hydrogens is 325 g/mol. The molecule has 3 rings (SSSR count). The minimum atomic E-state index is -0.158. The highest BCUT2D eigenvalue weighted by Gasteiger charge is 2.21. The number of hydrogen-bond donors (Lipinski definition) is 1. The quantitative estimate of drug-likeness (QED) is 0.684. The summed E-state index contributed by atoms with van der Waals surface area (Å²) in [5.74, 6) is 0.727. The Morgan fingerprint density at radius 2 is 2.04 bits per heavy atom. The Bertz CT molecular complexity index is 707. The van der Waals surface area contributed by atoms with Crippen molar-refractivity contribution in [2.45, 2.75) is 13.5 Å². The lowest BCUT2D eigenvalue weighted by Gasteiger charge is -2.37. The van der Waals surface area contributed by atoms with E-state index < -0.39 is 0 Å². The van der Waals surface area contributed by atoms with Crippen LogP contribution in [0.3, 0.4) is 0 Å². The molecule has 2 heterocycles. The standard InChI is InChI=1S/C17H22FN5S/c1-13-16(24-12-21-13)11-20-17(19-2)23-9-7-22(8-10-23)15-6-4-3-5-14(15)18/h3-6,12H,7-11H2,1-2H3,(H,19,20). The molecule has 1 fully saturated rings. The largest absolute Gasteiger partial charge is 0.366 e. The lowest BCUT2D eigenvalue weighted by atomic mass is 10.2. The molecule has 2 aromatic rings. The number of rotatable bonds is 3. The summed E-state index contributed by atoms with van der Waals surface area (Å²) in [4.78, 5) is 14.2. The van der Waals surface area contributed by atoms with E-state index in [-0.39, 0.29) is 5.82 Å². The maximum absolute atomic E-state index is 13.9. The van der Waals surface area contributed by atoms with Crippen molar-refractivity contribution in [3.05, 3.63) is 46.2 Å². The molecular formula is C17H22FN5S. The first-order valence-electron chi connectivity index (χ1n) is 8.03. The van der Waals surface area contributed by atoms with E-state index in [4.69, 9.17) is 0 Å². The minimum absolute atomic E-state index is 0.158. The number of piperazine rings is 1. The van der Waals surface area contributed by atoms with Gasteiger partial charge in [-0.15, -0.1) is 11.3 Å². The SMILES string of the molecule is CN=C(NCc1scnc1C)N1CCN(c2ccccc2F)CC1. The molecule has 1 aliphatic rings. The van der Waals surface area contributed by atoms with E-state index in [1.165, 1.54) is 10.9 Å². The number of aromatic nitrogens is 1. The molecule has 1 N–H and O–H groups in total. The van der Waals surface area contributed by atoms with Crippen molar-refractivity contribution in [1.82, 2.24) is 15.2 Å². The van der Waals surface area contributed by atoms with Crippen LogP contribution in [0.1, 0.15) is 10.6 Å². The highest BCUT2D eigenvalue weighted by Crippen LogP contribution is 2.20. The molecule has 0 amide bonds. The van der Waals surface area contributed by atoms with Crippen LogP contribution in [-0.4, -0.2) is 49.1 Å². The fourth-order valence-electron chi connectivity index (χ4n) is 2.85. The van der Waals surface area contributed by atoms with E-state index in [0.29, 0.717) is 5.69 Å². The van der Waals surface area contributed by atoms with Gasteiger partial charge in [0.1, 0.15) is 5.82 Å². The van der Waals surface area contributed by atoms with Crippen molar-refractivity contribution in [2.75, 3.05) is 38.1 Å². The van der Waals surface area contributed by atoms with Crippen molar-refractivity contribution >= 4 is 23.0 Å².